The smallest absolute Gasteiger partial charge is 0.251 e. The van der Waals surface area contributed by atoms with Crippen molar-refractivity contribution in [1.29, 1.82) is 0 Å². The zero-order valence-corrected chi connectivity index (χ0v) is 18.5. The molecule has 1 atom stereocenters. The summed E-state index contributed by atoms with van der Waals surface area (Å²) in [5.41, 5.74) is 3.66. The van der Waals surface area contributed by atoms with E-state index in [9.17, 15) is 9.59 Å². The van der Waals surface area contributed by atoms with Crippen LogP contribution in [0.1, 0.15) is 65.9 Å². The second-order valence-corrected chi connectivity index (χ2v) is 8.71. The Kier molecular flexibility index (Phi) is 6.59. The predicted molar refractivity (Wildman–Crippen MR) is 119 cm³/mol. The quantitative estimate of drug-likeness (QED) is 0.794. The van der Waals surface area contributed by atoms with Crippen molar-refractivity contribution < 1.29 is 14.1 Å². The van der Waals surface area contributed by atoms with Crippen LogP contribution in [0.5, 0.6) is 0 Å². The van der Waals surface area contributed by atoms with E-state index in [2.05, 4.69) is 15.4 Å². The molecule has 1 aromatic heterocycles. The van der Waals surface area contributed by atoms with Gasteiger partial charge in [0.1, 0.15) is 5.76 Å². The van der Waals surface area contributed by atoms with Crippen molar-refractivity contribution in [2.24, 2.45) is 0 Å². The zero-order chi connectivity index (χ0) is 21.8. The molecule has 31 heavy (non-hydrogen) atoms. The van der Waals surface area contributed by atoms with E-state index in [-0.39, 0.29) is 17.9 Å². The standard InChI is InChI=1S/C24H32N4O3/c1-17-22(18(2)31-26-17)16-28-15-12-20(8-11-23(28)29)25-24(30)19-6-9-21(10-7-19)27-13-4-3-5-14-27/h6-7,9-10,20H,3-5,8,11-16H2,1-2H3,(H,25,30). The highest BCUT2D eigenvalue weighted by molar-refractivity contribution is 5.94. The fourth-order valence-corrected chi connectivity index (χ4v) is 4.51. The maximum absolute atomic E-state index is 12.8. The molecule has 1 N–H and O–H groups in total. The second-order valence-electron chi connectivity index (χ2n) is 8.71. The Bertz CT molecular complexity index is 896. The monoisotopic (exact) mass is 424 g/mol. The molecule has 1 aromatic carbocycles. The summed E-state index contributed by atoms with van der Waals surface area (Å²) < 4.78 is 5.23. The van der Waals surface area contributed by atoms with Gasteiger partial charge in [0, 0.05) is 48.9 Å². The van der Waals surface area contributed by atoms with Crippen LogP contribution in [0.3, 0.4) is 0 Å². The summed E-state index contributed by atoms with van der Waals surface area (Å²) in [7, 11) is 0. The Balaban J connectivity index is 1.33. The minimum absolute atomic E-state index is 0.00658. The molecule has 2 aliphatic heterocycles. The Morgan fingerprint density at radius 2 is 1.84 bits per heavy atom. The summed E-state index contributed by atoms with van der Waals surface area (Å²) in [6, 6.07) is 7.90. The van der Waals surface area contributed by atoms with Gasteiger partial charge in [-0.05, 0) is 70.2 Å². The number of amides is 2. The molecule has 2 fully saturated rings. The highest BCUT2D eigenvalue weighted by Gasteiger charge is 2.25. The van der Waals surface area contributed by atoms with Gasteiger partial charge < -0.3 is 19.6 Å². The van der Waals surface area contributed by atoms with Crippen molar-refractivity contribution in [2.45, 2.75) is 65.0 Å². The minimum atomic E-state index is -0.0678. The van der Waals surface area contributed by atoms with Crippen LogP contribution in [0.15, 0.2) is 28.8 Å². The summed E-state index contributed by atoms with van der Waals surface area (Å²) in [5, 5.41) is 7.12. The molecule has 0 radical (unpaired) electrons. The number of likely N-dealkylation sites (tertiary alicyclic amines) is 1. The van der Waals surface area contributed by atoms with E-state index in [1.807, 2.05) is 43.0 Å². The Labute approximate surface area is 183 Å². The van der Waals surface area contributed by atoms with Gasteiger partial charge in [0.2, 0.25) is 5.91 Å². The van der Waals surface area contributed by atoms with Crippen molar-refractivity contribution >= 4 is 17.5 Å². The van der Waals surface area contributed by atoms with Crippen molar-refractivity contribution in [3.05, 3.63) is 46.8 Å². The molecule has 2 saturated heterocycles. The lowest BCUT2D eigenvalue weighted by atomic mass is 10.1. The first-order chi connectivity index (χ1) is 15.0. The van der Waals surface area contributed by atoms with Crippen molar-refractivity contribution in [1.82, 2.24) is 15.4 Å². The first-order valence-corrected chi connectivity index (χ1v) is 11.4. The molecule has 0 saturated carbocycles. The number of rotatable bonds is 5. The van der Waals surface area contributed by atoms with Crippen molar-refractivity contribution in [2.75, 3.05) is 24.5 Å². The predicted octanol–water partition coefficient (Wildman–Crippen LogP) is 3.59. The number of aryl methyl sites for hydroxylation is 2. The lowest BCUT2D eigenvalue weighted by Gasteiger charge is -2.28. The van der Waals surface area contributed by atoms with Crippen LogP contribution >= 0.6 is 0 Å². The third-order valence-corrected chi connectivity index (χ3v) is 6.52. The lowest BCUT2D eigenvalue weighted by molar-refractivity contribution is -0.131. The molecule has 166 valence electrons. The van der Waals surface area contributed by atoms with Gasteiger partial charge in [-0.1, -0.05) is 5.16 Å². The van der Waals surface area contributed by atoms with Gasteiger partial charge >= 0.3 is 0 Å². The van der Waals surface area contributed by atoms with Gasteiger partial charge in [-0.15, -0.1) is 0 Å². The van der Waals surface area contributed by atoms with Crippen LogP contribution in [0.25, 0.3) is 0 Å². The number of benzene rings is 1. The van der Waals surface area contributed by atoms with Gasteiger partial charge in [-0.2, -0.15) is 0 Å². The number of anilines is 1. The molecular formula is C24H32N4O3. The number of piperidine rings is 1. The highest BCUT2D eigenvalue weighted by atomic mass is 16.5. The summed E-state index contributed by atoms with van der Waals surface area (Å²) in [4.78, 5) is 29.6. The van der Waals surface area contributed by atoms with Crippen LogP contribution in [0, 0.1) is 13.8 Å². The van der Waals surface area contributed by atoms with Gasteiger partial charge in [0.05, 0.1) is 12.2 Å². The van der Waals surface area contributed by atoms with Crippen LogP contribution in [0.2, 0.25) is 0 Å². The molecule has 7 nitrogen and oxygen atoms in total. The van der Waals surface area contributed by atoms with E-state index in [1.54, 1.807) is 0 Å². The van der Waals surface area contributed by atoms with E-state index in [0.29, 0.717) is 31.5 Å². The van der Waals surface area contributed by atoms with Gasteiger partial charge in [0.15, 0.2) is 0 Å². The molecule has 7 heteroatoms. The minimum Gasteiger partial charge on any atom is -0.372 e. The number of hydrogen-bond acceptors (Lipinski definition) is 5. The summed E-state index contributed by atoms with van der Waals surface area (Å²) in [5.74, 6) is 0.803. The third kappa shape index (κ3) is 5.09. The number of aromatic nitrogens is 1. The van der Waals surface area contributed by atoms with Crippen molar-refractivity contribution in [3.8, 4) is 0 Å². The maximum atomic E-state index is 12.8. The SMILES string of the molecule is Cc1noc(C)c1CN1CCC(NC(=O)c2ccc(N3CCCCC3)cc2)CCC1=O. The summed E-state index contributed by atoms with van der Waals surface area (Å²) >= 11 is 0. The molecule has 3 heterocycles. The topological polar surface area (TPSA) is 78.7 Å². The van der Waals surface area contributed by atoms with E-state index < -0.39 is 0 Å². The van der Waals surface area contributed by atoms with Crippen LogP contribution in [0.4, 0.5) is 5.69 Å². The summed E-state index contributed by atoms with van der Waals surface area (Å²) in [6.07, 6.45) is 5.60. The molecule has 2 aromatic rings. The number of nitrogens with zero attached hydrogens (tertiary/aromatic N) is 3. The number of carbonyl (C=O) groups excluding carboxylic acids is 2. The molecule has 2 amide bonds. The third-order valence-electron chi connectivity index (χ3n) is 6.52. The van der Waals surface area contributed by atoms with Crippen LogP contribution < -0.4 is 10.2 Å². The molecule has 4 rings (SSSR count). The van der Waals surface area contributed by atoms with Gasteiger partial charge in [-0.25, -0.2) is 0 Å². The normalized spacial score (nSPS) is 19.9. The average molecular weight is 425 g/mol. The van der Waals surface area contributed by atoms with Gasteiger partial charge in [-0.3, -0.25) is 9.59 Å². The Morgan fingerprint density at radius 3 is 2.52 bits per heavy atom. The summed E-state index contributed by atoms with van der Waals surface area (Å²) in [6.45, 7) is 7.07. The van der Waals surface area contributed by atoms with E-state index >= 15 is 0 Å². The van der Waals surface area contributed by atoms with Crippen LogP contribution in [-0.2, 0) is 11.3 Å². The lowest BCUT2D eigenvalue weighted by Crippen LogP contribution is -2.36. The first-order valence-electron chi connectivity index (χ1n) is 11.4. The molecule has 1 unspecified atom stereocenters. The molecule has 2 aliphatic rings. The fraction of sp³-hybridized carbons (Fsp3) is 0.542. The second kappa shape index (κ2) is 9.54. The number of hydrogen-bond donors (Lipinski definition) is 1. The van der Waals surface area contributed by atoms with E-state index in [1.165, 1.54) is 24.9 Å². The van der Waals surface area contributed by atoms with E-state index in [4.69, 9.17) is 4.52 Å². The maximum Gasteiger partial charge on any atom is 0.251 e. The average Bonchev–Trinajstić information content (AvgIpc) is 3.00. The molecular weight excluding hydrogens is 392 g/mol. The largest absolute Gasteiger partial charge is 0.372 e. The number of nitrogens with one attached hydrogen (secondary N) is 1. The number of carbonyl (C=O) groups is 2. The molecule has 0 spiro atoms. The van der Waals surface area contributed by atoms with E-state index in [0.717, 1.165) is 36.5 Å². The van der Waals surface area contributed by atoms with Crippen LogP contribution in [-0.4, -0.2) is 47.5 Å². The fourth-order valence-electron chi connectivity index (χ4n) is 4.51. The van der Waals surface area contributed by atoms with Gasteiger partial charge in [0.25, 0.3) is 5.91 Å². The Morgan fingerprint density at radius 1 is 1.10 bits per heavy atom. The Hall–Kier alpha value is -2.83. The molecule has 0 aliphatic carbocycles. The van der Waals surface area contributed by atoms with Crippen molar-refractivity contribution in [3.63, 3.8) is 0 Å². The molecule has 0 bridgehead atoms. The highest BCUT2D eigenvalue weighted by Crippen LogP contribution is 2.22. The first kappa shape index (κ1) is 21.4. The zero-order valence-electron chi connectivity index (χ0n) is 18.5.